The smallest absolute Gasteiger partial charge is 0.231 e. The number of aryl methyl sites for hydroxylation is 1. The number of nitrogens with zero attached hydrogens (tertiary/aromatic N) is 2. The Morgan fingerprint density at radius 3 is 2.95 bits per heavy atom. The number of imidazole rings is 1. The van der Waals surface area contributed by atoms with Crippen molar-refractivity contribution in [1.82, 2.24) is 9.55 Å². The molecule has 5 nitrogen and oxygen atoms in total. The van der Waals surface area contributed by atoms with E-state index in [-0.39, 0.29) is 6.79 Å². The molecule has 0 bridgehead atoms. The molecule has 0 radical (unpaired) electrons. The summed E-state index contributed by atoms with van der Waals surface area (Å²) >= 11 is 6.20. The summed E-state index contributed by atoms with van der Waals surface area (Å²) in [6.07, 6.45) is 1.00. The molecule has 0 atom stereocenters. The van der Waals surface area contributed by atoms with Gasteiger partial charge in [-0.05, 0) is 25.5 Å². The van der Waals surface area contributed by atoms with Crippen molar-refractivity contribution in [3.63, 3.8) is 0 Å². The number of fused-ring (bicyclic) bond motifs is 1. The van der Waals surface area contributed by atoms with Crippen molar-refractivity contribution in [3.05, 3.63) is 23.0 Å². The highest BCUT2D eigenvalue weighted by Crippen LogP contribution is 2.43. The fourth-order valence-electron chi connectivity index (χ4n) is 2.40. The van der Waals surface area contributed by atoms with Crippen LogP contribution in [0.1, 0.15) is 19.2 Å². The molecule has 0 saturated heterocycles. The number of nitrogen functional groups attached to an aromatic ring is 1. The zero-order valence-electron chi connectivity index (χ0n) is 11.4. The summed E-state index contributed by atoms with van der Waals surface area (Å²) in [6.45, 7) is 5.10. The first-order valence-corrected chi connectivity index (χ1v) is 6.91. The van der Waals surface area contributed by atoms with E-state index in [0.717, 1.165) is 30.0 Å². The van der Waals surface area contributed by atoms with Crippen LogP contribution in [0.3, 0.4) is 0 Å². The summed E-state index contributed by atoms with van der Waals surface area (Å²) in [4.78, 5) is 4.55. The van der Waals surface area contributed by atoms with Gasteiger partial charge in [-0.15, -0.1) is 0 Å². The molecule has 0 fully saturated rings. The van der Waals surface area contributed by atoms with Crippen LogP contribution in [0.2, 0.25) is 5.02 Å². The molecule has 2 heterocycles. The molecule has 1 aliphatic rings. The van der Waals surface area contributed by atoms with E-state index >= 15 is 0 Å². The van der Waals surface area contributed by atoms with Crippen LogP contribution in [-0.4, -0.2) is 16.3 Å². The van der Waals surface area contributed by atoms with Gasteiger partial charge in [0.25, 0.3) is 0 Å². The van der Waals surface area contributed by atoms with Gasteiger partial charge in [-0.25, -0.2) is 4.98 Å². The van der Waals surface area contributed by atoms with E-state index in [1.165, 1.54) is 0 Å². The Balaban J connectivity index is 2.10. The van der Waals surface area contributed by atoms with E-state index in [1.54, 1.807) is 0 Å². The SMILES string of the molecule is CCCn1c(C)nc(-c2cc(Cl)c3c(c2)OCO3)c1N. The average Bonchev–Trinajstić information content (AvgIpc) is 2.99. The third-order valence-corrected chi connectivity index (χ3v) is 3.63. The predicted molar refractivity (Wildman–Crippen MR) is 78.2 cm³/mol. The van der Waals surface area contributed by atoms with Crippen LogP contribution in [-0.2, 0) is 6.54 Å². The zero-order chi connectivity index (χ0) is 14.3. The minimum Gasteiger partial charge on any atom is -0.454 e. The highest BCUT2D eigenvalue weighted by Gasteiger charge is 2.21. The van der Waals surface area contributed by atoms with Gasteiger partial charge in [0.15, 0.2) is 11.5 Å². The second kappa shape index (κ2) is 4.90. The van der Waals surface area contributed by atoms with Crippen molar-refractivity contribution < 1.29 is 9.47 Å². The average molecular weight is 294 g/mol. The van der Waals surface area contributed by atoms with E-state index in [0.29, 0.717) is 22.3 Å². The first kappa shape index (κ1) is 13.1. The standard InChI is InChI=1S/C14H16ClN3O2/c1-3-4-18-8(2)17-12(14(18)16)9-5-10(15)13-11(6-9)19-7-20-13/h5-6H,3-4,7,16H2,1-2H3. The fourth-order valence-corrected chi connectivity index (χ4v) is 2.67. The van der Waals surface area contributed by atoms with Crippen molar-refractivity contribution in [2.24, 2.45) is 0 Å². The third kappa shape index (κ3) is 1.98. The maximum absolute atomic E-state index is 6.20. The minimum absolute atomic E-state index is 0.192. The van der Waals surface area contributed by atoms with Crippen molar-refractivity contribution in [2.75, 3.05) is 12.5 Å². The van der Waals surface area contributed by atoms with Gasteiger partial charge in [0, 0.05) is 12.1 Å². The second-order valence-corrected chi connectivity index (χ2v) is 5.14. The summed E-state index contributed by atoms with van der Waals surface area (Å²) in [5.41, 5.74) is 7.78. The van der Waals surface area contributed by atoms with Crippen molar-refractivity contribution in [2.45, 2.75) is 26.8 Å². The second-order valence-electron chi connectivity index (χ2n) is 4.74. The molecule has 0 unspecified atom stereocenters. The number of halogens is 1. The fraction of sp³-hybridized carbons (Fsp3) is 0.357. The number of ether oxygens (including phenoxy) is 2. The lowest BCUT2D eigenvalue weighted by molar-refractivity contribution is 0.174. The lowest BCUT2D eigenvalue weighted by Gasteiger charge is -2.06. The van der Waals surface area contributed by atoms with Gasteiger partial charge >= 0.3 is 0 Å². The Morgan fingerprint density at radius 1 is 1.40 bits per heavy atom. The molecular formula is C14H16ClN3O2. The topological polar surface area (TPSA) is 62.3 Å². The Hall–Kier alpha value is -1.88. The molecule has 1 aromatic heterocycles. The summed E-state index contributed by atoms with van der Waals surface area (Å²) in [5, 5.41) is 0.511. The molecule has 0 saturated carbocycles. The minimum atomic E-state index is 0.192. The zero-order valence-corrected chi connectivity index (χ0v) is 12.2. The van der Waals surface area contributed by atoms with Gasteiger partial charge in [-0.1, -0.05) is 18.5 Å². The highest BCUT2D eigenvalue weighted by molar-refractivity contribution is 6.32. The van der Waals surface area contributed by atoms with E-state index in [1.807, 2.05) is 23.6 Å². The third-order valence-electron chi connectivity index (χ3n) is 3.35. The number of hydrogen-bond donors (Lipinski definition) is 1. The van der Waals surface area contributed by atoms with Crippen LogP contribution < -0.4 is 15.2 Å². The summed E-state index contributed by atoms with van der Waals surface area (Å²) in [5.74, 6) is 2.76. The molecule has 1 aromatic carbocycles. The Morgan fingerprint density at radius 2 is 2.20 bits per heavy atom. The molecule has 3 rings (SSSR count). The Bertz CT molecular complexity index is 667. The number of rotatable bonds is 3. The Kier molecular flexibility index (Phi) is 3.22. The maximum atomic E-state index is 6.20. The van der Waals surface area contributed by atoms with Gasteiger partial charge in [0.1, 0.15) is 17.3 Å². The summed E-state index contributed by atoms with van der Waals surface area (Å²) in [6, 6.07) is 3.67. The van der Waals surface area contributed by atoms with E-state index in [9.17, 15) is 0 Å². The van der Waals surface area contributed by atoms with Crippen molar-refractivity contribution in [3.8, 4) is 22.8 Å². The van der Waals surface area contributed by atoms with Gasteiger partial charge < -0.3 is 19.8 Å². The molecular weight excluding hydrogens is 278 g/mol. The monoisotopic (exact) mass is 293 g/mol. The number of anilines is 1. The van der Waals surface area contributed by atoms with Crippen molar-refractivity contribution in [1.29, 1.82) is 0 Å². The lowest BCUT2D eigenvalue weighted by atomic mass is 10.1. The lowest BCUT2D eigenvalue weighted by Crippen LogP contribution is -2.04. The number of benzene rings is 1. The predicted octanol–water partition coefficient (Wildman–Crippen LogP) is 3.23. The van der Waals surface area contributed by atoms with Crippen LogP contribution in [0.5, 0.6) is 11.5 Å². The molecule has 2 N–H and O–H groups in total. The molecule has 2 aromatic rings. The first-order valence-electron chi connectivity index (χ1n) is 6.54. The molecule has 0 spiro atoms. The maximum Gasteiger partial charge on any atom is 0.231 e. The normalized spacial score (nSPS) is 12.9. The quantitative estimate of drug-likeness (QED) is 0.944. The number of nitrogens with two attached hydrogens (primary N) is 1. The van der Waals surface area contributed by atoms with E-state index < -0.39 is 0 Å². The summed E-state index contributed by atoms with van der Waals surface area (Å²) < 4.78 is 12.7. The summed E-state index contributed by atoms with van der Waals surface area (Å²) in [7, 11) is 0. The largest absolute Gasteiger partial charge is 0.454 e. The van der Waals surface area contributed by atoms with Gasteiger partial charge in [-0.2, -0.15) is 0 Å². The van der Waals surface area contributed by atoms with Gasteiger partial charge in [0.2, 0.25) is 6.79 Å². The molecule has 20 heavy (non-hydrogen) atoms. The Labute approximate surface area is 122 Å². The molecule has 0 amide bonds. The molecule has 6 heteroatoms. The highest BCUT2D eigenvalue weighted by atomic mass is 35.5. The molecule has 1 aliphatic heterocycles. The van der Waals surface area contributed by atoms with Gasteiger partial charge in [0.05, 0.1) is 5.02 Å². The van der Waals surface area contributed by atoms with Crippen LogP contribution in [0.4, 0.5) is 5.82 Å². The van der Waals surface area contributed by atoms with Crippen molar-refractivity contribution >= 4 is 17.4 Å². The van der Waals surface area contributed by atoms with Crippen LogP contribution >= 0.6 is 11.6 Å². The van der Waals surface area contributed by atoms with E-state index in [2.05, 4.69) is 11.9 Å². The molecule has 0 aliphatic carbocycles. The van der Waals surface area contributed by atoms with Crippen LogP contribution in [0.25, 0.3) is 11.3 Å². The number of hydrogen-bond acceptors (Lipinski definition) is 4. The van der Waals surface area contributed by atoms with Crippen LogP contribution in [0.15, 0.2) is 12.1 Å². The first-order chi connectivity index (χ1) is 9.61. The molecule has 106 valence electrons. The van der Waals surface area contributed by atoms with Gasteiger partial charge in [-0.3, -0.25) is 0 Å². The number of aromatic nitrogens is 2. The van der Waals surface area contributed by atoms with Crippen LogP contribution in [0, 0.1) is 6.92 Å². The van der Waals surface area contributed by atoms with E-state index in [4.69, 9.17) is 26.8 Å².